The number of anilines is 1. The predicted molar refractivity (Wildman–Crippen MR) is 84.6 cm³/mol. The van der Waals surface area contributed by atoms with Crippen molar-refractivity contribution in [2.75, 3.05) is 12.4 Å². The van der Waals surface area contributed by atoms with Crippen molar-refractivity contribution < 1.29 is 13.9 Å². The summed E-state index contributed by atoms with van der Waals surface area (Å²) in [6, 6.07) is 9.45. The summed E-state index contributed by atoms with van der Waals surface area (Å²) < 4.78 is 11.4. The molecule has 1 amide bonds. The van der Waals surface area contributed by atoms with Gasteiger partial charge in [-0.05, 0) is 43.3 Å². The second kappa shape index (κ2) is 5.96. The lowest BCUT2D eigenvalue weighted by molar-refractivity contribution is -0.118. The first-order valence-electron chi connectivity index (χ1n) is 7.01. The van der Waals surface area contributed by atoms with E-state index < -0.39 is 11.8 Å². The van der Waals surface area contributed by atoms with Crippen molar-refractivity contribution in [1.29, 1.82) is 0 Å². The van der Waals surface area contributed by atoms with E-state index in [-0.39, 0.29) is 5.91 Å². The summed E-state index contributed by atoms with van der Waals surface area (Å²) in [5.74, 6) is -0.265. The van der Waals surface area contributed by atoms with Gasteiger partial charge in [-0.25, -0.2) is 14.3 Å². The van der Waals surface area contributed by atoms with Gasteiger partial charge in [-0.1, -0.05) is 0 Å². The molecule has 0 fully saturated rings. The number of aromatic nitrogens is 2. The Morgan fingerprint density at radius 2 is 2.04 bits per heavy atom. The predicted octanol–water partition coefficient (Wildman–Crippen LogP) is 2.20. The molecule has 118 valence electrons. The number of ether oxygens (including phenoxy) is 1. The number of nitrogens with one attached hydrogen (secondary N) is 1. The minimum atomic E-state index is -0.763. The Hall–Kier alpha value is -3.09. The Morgan fingerprint density at radius 1 is 1.30 bits per heavy atom. The van der Waals surface area contributed by atoms with Crippen LogP contribution in [-0.2, 0) is 4.79 Å². The molecule has 0 radical (unpaired) electrons. The van der Waals surface area contributed by atoms with Gasteiger partial charge in [0, 0.05) is 11.9 Å². The van der Waals surface area contributed by atoms with E-state index >= 15 is 0 Å². The molecule has 1 N–H and O–H groups in total. The molecule has 3 rings (SSSR count). The number of carbonyl (C=O) groups excluding carboxylic acids is 1. The molecule has 0 saturated heterocycles. The Bertz CT molecular complexity index is 896. The van der Waals surface area contributed by atoms with E-state index in [4.69, 9.17) is 9.15 Å². The highest BCUT2D eigenvalue weighted by Crippen LogP contribution is 2.18. The molecule has 0 aliphatic carbocycles. The van der Waals surface area contributed by atoms with E-state index in [0.717, 1.165) is 0 Å². The maximum absolute atomic E-state index is 12.4. The quantitative estimate of drug-likeness (QED) is 0.798. The van der Waals surface area contributed by atoms with Crippen molar-refractivity contribution in [1.82, 2.24) is 9.55 Å². The third-order valence-electron chi connectivity index (χ3n) is 3.50. The average molecular weight is 313 g/mol. The third-order valence-corrected chi connectivity index (χ3v) is 3.50. The second-order valence-corrected chi connectivity index (χ2v) is 4.96. The summed E-state index contributed by atoms with van der Waals surface area (Å²) in [5.41, 5.74) is 1.30. The van der Waals surface area contributed by atoms with Gasteiger partial charge in [0.15, 0.2) is 11.2 Å². The van der Waals surface area contributed by atoms with Gasteiger partial charge in [0.1, 0.15) is 11.8 Å². The average Bonchev–Trinajstić information content (AvgIpc) is 2.90. The molecule has 0 saturated carbocycles. The Kier molecular flexibility index (Phi) is 3.84. The first-order valence-corrected chi connectivity index (χ1v) is 7.01. The number of pyridine rings is 1. The first kappa shape index (κ1) is 14.8. The highest BCUT2D eigenvalue weighted by atomic mass is 16.5. The third kappa shape index (κ3) is 2.80. The molecule has 0 spiro atoms. The molecule has 1 unspecified atom stereocenters. The molecule has 0 aliphatic rings. The molecule has 7 heteroatoms. The molecule has 7 nitrogen and oxygen atoms in total. The van der Waals surface area contributed by atoms with E-state index in [1.54, 1.807) is 56.6 Å². The fourth-order valence-electron chi connectivity index (χ4n) is 2.25. The number of fused-ring (bicyclic) bond motifs is 1. The maximum Gasteiger partial charge on any atom is 0.421 e. The molecular weight excluding hydrogens is 298 g/mol. The van der Waals surface area contributed by atoms with Crippen LogP contribution < -0.4 is 15.8 Å². The topological polar surface area (TPSA) is 86.4 Å². The number of rotatable bonds is 4. The van der Waals surface area contributed by atoms with Gasteiger partial charge in [-0.2, -0.15) is 0 Å². The van der Waals surface area contributed by atoms with E-state index in [1.807, 2.05) is 0 Å². The zero-order valence-electron chi connectivity index (χ0n) is 12.6. The Labute approximate surface area is 131 Å². The van der Waals surface area contributed by atoms with Gasteiger partial charge in [0.2, 0.25) is 5.91 Å². The second-order valence-electron chi connectivity index (χ2n) is 4.96. The lowest BCUT2D eigenvalue weighted by Gasteiger charge is -2.13. The number of nitrogens with zero attached hydrogens (tertiary/aromatic N) is 2. The van der Waals surface area contributed by atoms with Crippen LogP contribution in [0.25, 0.3) is 11.2 Å². The summed E-state index contributed by atoms with van der Waals surface area (Å²) in [5, 5.41) is 2.75. The monoisotopic (exact) mass is 313 g/mol. The van der Waals surface area contributed by atoms with Crippen molar-refractivity contribution >= 4 is 22.8 Å². The smallest absolute Gasteiger partial charge is 0.421 e. The van der Waals surface area contributed by atoms with Crippen LogP contribution in [0.3, 0.4) is 0 Å². The van der Waals surface area contributed by atoms with Crippen LogP contribution in [0.15, 0.2) is 51.8 Å². The summed E-state index contributed by atoms with van der Waals surface area (Å²) >= 11 is 0. The maximum atomic E-state index is 12.4. The number of hydrogen-bond donors (Lipinski definition) is 1. The molecular formula is C16H15N3O4. The van der Waals surface area contributed by atoms with Crippen LogP contribution in [-0.4, -0.2) is 22.6 Å². The van der Waals surface area contributed by atoms with Gasteiger partial charge in [0.05, 0.1) is 7.11 Å². The highest BCUT2D eigenvalue weighted by Gasteiger charge is 2.22. The SMILES string of the molecule is COc1ccc(NC(=O)C(C)n2c(=O)oc3cccnc32)cc1. The van der Waals surface area contributed by atoms with E-state index in [2.05, 4.69) is 10.3 Å². The van der Waals surface area contributed by atoms with E-state index in [9.17, 15) is 9.59 Å². The van der Waals surface area contributed by atoms with Crippen molar-refractivity contribution in [3.8, 4) is 5.75 Å². The number of methoxy groups -OCH3 is 1. The van der Waals surface area contributed by atoms with E-state index in [0.29, 0.717) is 22.7 Å². The minimum absolute atomic E-state index is 0.342. The van der Waals surface area contributed by atoms with Gasteiger partial charge < -0.3 is 14.5 Å². The van der Waals surface area contributed by atoms with Crippen molar-refractivity contribution in [2.45, 2.75) is 13.0 Å². The van der Waals surface area contributed by atoms with Crippen molar-refractivity contribution in [3.63, 3.8) is 0 Å². The first-order chi connectivity index (χ1) is 11.1. The Morgan fingerprint density at radius 3 is 2.74 bits per heavy atom. The molecule has 2 heterocycles. The van der Waals surface area contributed by atoms with Crippen LogP contribution in [0.5, 0.6) is 5.75 Å². The molecule has 0 bridgehead atoms. The van der Waals surface area contributed by atoms with Crippen LogP contribution in [0.1, 0.15) is 13.0 Å². The lowest BCUT2D eigenvalue weighted by Crippen LogP contribution is -2.29. The normalized spacial score (nSPS) is 12.1. The van der Waals surface area contributed by atoms with E-state index in [1.165, 1.54) is 4.57 Å². The molecule has 0 aliphatic heterocycles. The summed E-state index contributed by atoms with van der Waals surface area (Å²) in [6.07, 6.45) is 1.54. The van der Waals surface area contributed by atoms with Crippen LogP contribution in [0.2, 0.25) is 0 Å². The summed E-state index contributed by atoms with van der Waals surface area (Å²) in [7, 11) is 1.57. The van der Waals surface area contributed by atoms with Gasteiger partial charge in [-0.3, -0.25) is 4.79 Å². The summed E-state index contributed by atoms with van der Waals surface area (Å²) in [6.45, 7) is 1.61. The number of carbonyl (C=O) groups is 1. The van der Waals surface area contributed by atoms with Gasteiger partial charge in [-0.15, -0.1) is 0 Å². The number of oxazole rings is 1. The van der Waals surface area contributed by atoms with Gasteiger partial charge in [0.25, 0.3) is 0 Å². The van der Waals surface area contributed by atoms with Gasteiger partial charge >= 0.3 is 5.76 Å². The van der Waals surface area contributed by atoms with Crippen LogP contribution in [0.4, 0.5) is 5.69 Å². The van der Waals surface area contributed by atoms with Crippen LogP contribution >= 0.6 is 0 Å². The number of hydrogen-bond acceptors (Lipinski definition) is 5. The number of amides is 1. The fourth-order valence-corrected chi connectivity index (χ4v) is 2.25. The molecule has 1 atom stereocenters. The zero-order chi connectivity index (χ0) is 16.4. The summed E-state index contributed by atoms with van der Waals surface area (Å²) in [4.78, 5) is 28.5. The molecule has 2 aromatic heterocycles. The van der Waals surface area contributed by atoms with Crippen molar-refractivity contribution in [2.24, 2.45) is 0 Å². The molecule has 3 aromatic rings. The molecule has 1 aromatic carbocycles. The Balaban J connectivity index is 1.86. The van der Waals surface area contributed by atoms with Crippen molar-refractivity contribution in [3.05, 3.63) is 53.1 Å². The van der Waals surface area contributed by atoms with Crippen LogP contribution in [0, 0.1) is 0 Å². The number of benzene rings is 1. The standard InChI is InChI=1S/C16H15N3O4/c1-10(15(20)18-11-5-7-12(22-2)8-6-11)19-14-13(23-16(19)21)4-3-9-17-14/h3-10H,1-2H3,(H,18,20). The minimum Gasteiger partial charge on any atom is -0.497 e. The molecule has 23 heavy (non-hydrogen) atoms. The zero-order valence-corrected chi connectivity index (χ0v) is 12.6. The highest BCUT2D eigenvalue weighted by molar-refractivity contribution is 5.94. The fraction of sp³-hybridized carbons (Fsp3) is 0.188. The largest absolute Gasteiger partial charge is 0.497 e. The lowest BCUT2D eigenvalue weighted by atomic mass is 10.2.